The molecule has 0 spiro atoms. The molecule has 1 amide bonds. The van der Waals surface area contributed by atoms with Gasteiger partial charge in [0.15, 0.2) is 0 Å². The fourth-order valence-electron chi connectivity index (χ4n) is 3.13. The van der Waals surface area contributed by atoms with E-state index in [2.05, 4.69) is 16.3 Å². The fraction of sp³-hybridized carbons (Fsp3) is 0.500. The van der Waals surface area contributed by atoms with Gasteiger partial charge in [-0.25, -0.2) is 0 Å². The number of nitrogens with one attached hydrogen (secondary N) is 1. The number of nitrogens with two attached hydrogens (primary N) is 1. The fourth-order valence-corrected chi connectivity index (χ4v) is 3.13. The molecule has 2 aliphatic rings. The third-order valence-corrected chi connectivity index (χ3v) is 4.04. The average molecular weight is 245 g/mol. The second-order valence-electron chi connectivity index (χ2n) is 5.31. The number of carbonyl (C=O) groups is 1. The van der Waals surface area contributed by atoms with Gasteiger partial charge in [0.05, 0.1) is 0 Å². The number of anilines is 1. The first kappa shape index (κ1) is 11.5. The van der Waals surface area contributed by atoms with Gasteiger partial charge >= 0.3 is 0 Å². The Morgan fingerprint density at radius 2 is 2.17 bits per heavy atom. The van der Waals surface area contributed by atoms with Crippen molar-refractivity contribution in [3.8, 4) is 0 Å². The zero-order valence-electron chi connectivity index (χ0n) is 10.4. The summed E-state index contributed by atoms with van der Waals surface area (Å²) < 4.78 is 0. The largest absolute Gasteiger partial charge is 0.399 e. The van der Waals surface area contributed by atoms with Crippen LogP contribution >= 0.6 is 0 Å². The number of carbonyl (C=O) groups excluding carboxylic acids is 1. The van der Waals surface area contributed by atoms with Crippen molar-refractivity contribution in [2.75, 3.05) is 12.3 Å². The molecule has 2 saturated heterocycles. The van der Waals surface area contributed by atoms with Gasteiger partial charge in [-0.05, 0) is 30.5 Å². The van der Waals surface area contributed by atoms with Gasteiger partial charge in [0.2, 0.25) is 5.91 Å². The molecule has 96 valence electrons. The summed E-state index contributed by atoms with van der Waals surface area (Å²) in [6, 6.07) is 8.93. The summed E-state index contributed by atoms with van der Waals surface area (Å²) in [5.41, 5.74) is 7.86. The monoisotopic (exact) mass is 245 g/mol. The van der Waals surface area contributed by atoms with Gasteiger partial charge in [0.25, 0.3) is 0 Å². The highest BCUT2D eigenvalue weighted by molar-refractivity contribution is 5.77. The predicted molar refractivity (Wildman–Crippen MR) is 70.8 cm³/mol. The second kappa shape index (κ2) is 4.61. The van der Waals surface area contributed by atoms with Crippen molar-refractivity contribution < 1.29 is 4.79 Å². The molecule has 3 rings (SSSR count). The molecule has 2 fully saturated rings. The summed E-state index contributed by atoms with van der Waals surface area (Å²) in [6.45, 7) is 1.69. The summed E-state index contributed by atoms with van der Waals surface area (Å²) in [5.74, 6) is 0.194. The van der Waals surface area contributed by atoms with E-state index in [4.69, 9.17) is 5.73 Å². The Morgan fingerprint density at radius 1 is 1.33 bits per heavy atom. The van der Waals surface area contributed by atoms with Crippen molar-refractivity contribution >= 4 is 11.6 Å². The van der Waals surface area contributed by atoms with Crippen molar-refractivity contribution in [3.05, 3.63) is 29.8 Å². The lowest BCUT2D eigenvalue weighted by Crippen LogP contribution is -2.37. The Kier molecular flexibility index (Phi) is 2.96. The minimum atomic E-state index is 0.194. The lowest BCUT2D eigenvalue weighted by atomic mass is 10.1. The van der Waals surface area contributed by atoms with Gasteiger partial charge in [-0.3, -0.25) is 9.69 Å². The lowest BCUT2D eigenvalue weighted by Gasteiger charge is -2.27. The highest BCUT2D eigenvalue weighted by atomic mass is 16.1. The van der Waals surface area contributed by atoms with Crippen LogP contribution in [0.3, 0.4) is 0 Å². The number of hydrogen-bond donors (Lipinski definition) is 2. The van der Waals surface area contributed by atoms with E-state index in [1.54, 1.807) is 0 Å². The molecular weight excluding hydrogens is 226 g/mol. The standard InChI is InChI=1S/C14H19N3O/c15-11-3-1-2-10(6-11)9-17-12-4-5-13(17)8-16-14(18)7-12/h1-3,6,12-13H,4-5,7-9,15H2,(H,16,18). The van der Waals surface area contributed by atoms with Gasteiger partial charge in [-0.1, -0.05) is 12.1 Å². The molecule has 4 nitrogen and oxygen atoms in total. The third kappa shape index (κ3) is 2.20. The summed E-state index contributed by atoms with van der Waals surface area (Å²) in [6.07, 6.45) is 2.96. The maximum absolute atomic E-state index is 11.6. The van der Waals surface area contributed by atoms with Gasteiger partial charge in [0, 0.05) is 37.3 Å². The molecule has 4 heteroatoms. The van der Waals surface area contributed by atoms with Crippen LogP contribution in [-0.2, 0) is 11.3 Å². The Morgan fingerprint density at radius 3 is 3.00 bits per heavy atom. The molecule has 0 aromatic heterocycles. The molecule has 2 heterocycles. The molecule has 2 aliphatic heterocycles. The molecule has 18 heavy (non-hydrogen) atoms. The highest BCUT2D eigenvalue weighted by Crippen LogP contribution is 2.30. The molecule has 0 radical (unpaired) electrons. The van der Waals surface area contributed by atoms with Crippen LogP contribution in [0.2, 0.25) is 0 Å². The molecule has 2 unspecified atom stereocenters. The van der Waals surface area contributed by atoms with E-state index < -0.39 is 0 Å². The second-order valence-corrected chi connectivity index (χ2v) is 5.31. The zero-order valence-corrected chi connectivity index (χ0v) is 10.4. The normalized spacial score (nSPS) is 27.9. The van der Waals surface area contributed by atoms with Crippen LogP contribution in [0.1, 0.15) is 24.8 Å². The van der Waals surface area contributed by atoms with Crippen LogP contribution in [0.15, 0.2) is 24.3 Å². The summed E-state index contributed by atoms with van der Waals surface area (Å²) >= 11 is 0. The van der Waals surface area contributed by atoms with Crippen LogP contribution in [0.5, 0.6) is 0 Å². The first-order chi connectivity index (χ1) is 8.72. The van der Waals surface area contributed by atoms with E-state index in [0.29, 0.717) is 18.5 Å². The number of nitrogen functional groups attached to an aromatic ring is 1. The Hall–Kier alpha value is -1.55. The SMILES string of the molecule is Nc1cccc(CN2C3CCC2CC(=O)NC3)c1. The van der Waals surface area contributed by atoms with Crippen molar-refractivity contribution in [2.45, 2.75) is 37.9 Å². The van der Waals surface area contributed by atoms with Crippen LogP contribution in [0.25, 0.3) is 0 Å². The average Bonchev–Trinajstić information content (AvgIpc) is 2.60. The van der Waals surface area contributed by atoms with Gasteiger partial charge in [0.1, 0.15) is 0 Å². The minimum absolute atomic E-state index is 0.194. The molecule has 1 aromatic rings. The molecular formula is C14H19N3O. The van der Waals surface area contributed by atoms with E-state index in [1.165, 1.54) is 12.0 Å². The molecule has 2 bridgehead atoms. The number of rotatable bonds is 2. The van der Waals surface area contributed by atoms with Crippen molar-refractivity contribution in [3.63, 3.8) is 0 Å². The third-order valence-electron chi connectivity index (χ3n) is 4.04. The molecule has 1 aromatic carbocycles. The first-order valence-corrected chi connectivity index (χ1v) is 6.59. The number of benzene rings is 1. The van der Waals surface area contributed by atoms with E-state index in [9.17, 15) is 4.79 Å². The van der Waals surface area contributed by atoms with E-state index >= 15 is 0 Å². The van der Waals surface area contributed by atoms with Crippen LogP contribution in [0, 0.1) is 0 Å². The van der Waals surface area contributed by atoms with E-state index in [-0.39, 0.29) is 5.91 Å². The maximum atomic E-state index is 11.6. The number of amides is 1. The zero-order chi connectivity index (χ0) is 12.5. The van der Waals surface area contributed by atoms with Crippen LogP contribution in [-0.4, -0.2) is 29.4 Å². The Labute approximate surface area is 107 Å². The first-order valence-electron chi connectivity index (χ1n) is 6.59. The van der Waals surface area contributed by atoms with Gasteiger partial charge in [-0.15, -0.1) is 0 Å². The molecule has 3 N–H and O–H groups in total. The number of nitrogens with zero attached hydrogens (tertiary/aromatic N) is 1. The predicted octanol–water partition coefficient (Wildman–Crippen LogP) is 1.12. The van der Waals surface area contributed by atoms with E-state index in [0.717, 1.165) is 25.2 Å². The summed E-state index contributed by atoms with van der Waals surface area (Å²) in [4.78, 5) is 14.0. The maximum Gasteiger partial charge on any atom is 0.221 e. The van der Waals surface area contributed by atoms with Crippen molar-refractivity contribution in [1.29, 1.82) is 0 Å². The molecule has 2 atom stereocenters. The van der Waals surface area contributed by atoms with Crippen LogP contribution < -0.4 is 11.1 Å². The van der Waals surface area contributed by atoms with Gasteiger partial charge in [-0.2, -0.15) is 0 Å². The smallest absolute Gasteiger partial charge is 0.221 e. The van der Waals surface area contributed by atoms with E-state index in [1.807, 2.05) is 18.2 Å². The summed E-state index contributed by atoms with van der Waals surface area (Å²) in [7, 11) is 0. The molecule has 0 aliphatic carbocycles. The number of fused-ring (bicyclic) bond motifs is 2. The van der Waals surface area contributed by atoms with Crippen molar-refractivity contribution in [2.24, 2.45) is 0 Å². The minimum Gasteiger partial charge on any atom is -0.399 e. The van der Waals surface area contributed by atoms with Crippen molar-refractivity contribution in [1.82, 2.24) is 10.2 Å². The van der Waals surface area contributed by atoms with Gasteiger partial charge < -0.3 is 11.1 Å². The molecule has 0 saturated carbocycles. The number of hydrogen-bond acceptors (Lipinski definition) is 3. The lowest BCUT2D eigenvalue weighted by molar-refractivity contribution is -0.121. The summed E-state index contributed by atoms with van der Waals surface area (Å²) in [5, 5.41) is 3.00. The van der Waals surface area contributed by atoms with Crippen LogP contribution in [0.4, 0.5) is 5.69 Å². The quantitative estimate of drug-likeness (QED) is 0.768. The Bertz CT molecular complexity index is 460. The topological polar surface area (TPSA) is 58.4 Å². The highest BCUT2D eigenvalue weighted by Gasteiger charge is 2.36. The Balaban J connectivity index is 1.77.